The Labute approximate surface area is 218 Å². The fourth-order valence-electron chi connectivity index (χ4n) is 6.75. The van der Waals surface area contributed by atoms with E-state index in [1.807, 2.05) is 25.1 Å². The molecule has 0 radical (unpaired) electrons. The maximum atomic E-state index is 16.5. The van der Waals surface area contributed by atoms with Gasteiger partial charge < -0.3 is 21.1 Å². The van der Waals surface area contributed by atoms with E-state index in [-0.39, 0.29) is 33.7 Å². The van der Waals surface area contributed by atoms with Crippen LogP contribution in [0.5, 0.6) is 5.75 Å². The number of nitrogens with one attached hydrogen (secondary N) is 2. The number of hydrogen-bond donors (Lipinski definition) is 3. The molecule has 1 amide bonds. The molecule has 3 aromatic rings. The molecule has 5 nitrogen and oxygen atoms in total. The number of carbonyl (C=O) groups excluding carboxylic acids is 1. The van der Waals surface area contributed by atoms with Crippen molar-refractivity contribution in [3.8, 4) is 16.9 Å². The number of nitrogens with two attached hydrogens (primary N) is 1. The monoisotopic (exact) mass is 521 g/mol. The van der Waals surface area contributed by atoms with Crippen molar-refractivity contribution in [2.75, 3.05) is 11.9 Å². The Balaban J connectivity index is 1.58. The van der Waals surface area contributed by atoms with Gasteiger partial charge in [0.2, 0.25) is 0 Å². The van der Waals surface area contributed by atoms with E-state index in [9.17, 15) is 4.79 Å². The number of fused-ring (bicyclic) bond motifs is 7. The summed E-state index contributed by atoms with van der Waals surface area (Å²) in [6.07, 6.45) is 2.63. The lowest BCUT2D eigenvalue weighted by Gasteiger charge is -2.35. The fourth-order valence-corrected chi connectivity index (χ4v) is 7.02. The molecule has 4 bridgehead atoms. The minimum absolute atomic E-state index is 0.00402. The molecule has 1 saturated heterocycles. The highest BCUT2D eigenvalue weighted by atomic mass is 35.5. The van der Waals surface area contributed by atoms with Crippen molar-refractivity contribution in [1.29, 1.82) is 0 Å². The number of amides is 1. The van der Waals surface area contributed by atoms with Gasteiger partial charge in [0.05, 0.1) is 16.6 Å². The average Bonchev–Trinajstić information content (AvgIpc) is 3.60. The Morgan fingerprint density at radius 2 is 2.00 bits per heavy atom. The summed E-state index contributed by atoms with van der Waals surface area (Å²) in [6, 6.07) is 10.0. The molecule has 4 atom stereocenters. The van der Waals surface area contributed by atoms with Crippen LogP contribution in [0.15, 0.2) is 36.4 Å². The Kier molecular flexibility index (Phi) is 5.00. The topological polar surface area (TPSA) is 76.4 Å². The molecule has 3 heterocycles. The van der Waals surface area contributed by atoms with E-state index in [1.54, 1.807) is 12.1 Å². The van der Waals surface area contributed by atoms with Crippen molar-refractivity contribution in [2.45, 2.75) is 50.3 Å². The molecule has 1 fully saturated rings. The lowest BCUT2D eigenvalue weighted by Crippen LogP contribution is -2.49. The third-order valence-corrected chi connectivity index (χ3v) is 9.01. The first-order chi connectivity index (χ1) is 17.8. The van der Waals surface area contributed by atoms with Gasteiger partial charge in [0.15, 0.2) is 5.60 Å². The molecule has 0 unspecified atom stereocenters. The fraction of sp³-hybridized carbons (Fsp3) is 0.345. The van der Waals surface area contributed by atoms with Crippen LogP contribution in [0, 0.1) is 17.6 Å². The maximum Gasteiger partial charge on any atom is 0.256 e. The van der Waals surface area contributed by atoms with E-state index >= 15 is 8.78 Å². The number of benzene rings is 3. The zero-order valence-corrected chi connectivity index (χ0v) is 21.0. The highest BCUT2D eigenvalue weighted by Gasteiger charge is 2.50. The third-order valence-electron chi connectivity index (χ3n) is 8.64. The molecule has 0 spiro atoms. The summed E-state index contributed by atoms with van der Waals surface area (Å²) in [5, 5.41) is 6.27. The molecule has 37 heavy (non-hydrogen) atoms. The van der Waals surface area contributed by atoms with Crippen LogP contribution in [-0.2, 0) is 18.4 Å². The molecular weight excluding hydrogens is 496 g/mol. The van der Waals surface area contributed by atoms with Crippen LogP contribution in [0.1, 0.15) is 58.4 Å². The molecule has 4 aliphatic rings. The smallest absolute Gasteiger partial charge is 0.256 e. The largest absolute Gasteiger partial charge is 0.480 e. The third kappa shape index (κ3) is 3.17. The van der Waals surface area contributed by atoms with Gasteiger partial charge in [-0.05, 0) is 66.6 Å². The normalized spacial score (nSPS) is 27.3. The summed E-state index contributed by atoms with van der Waals surface area (Å²) in [5.41, 5.74) is 8.90. The van der Waals surface area contributed by atoms with E-state index in [4.69, 9.17) is 22.1 Å². The first-order valence-electron chi connectivity index (χ1n) is 12.7. The van der Waals surface area contributed by atoms with Gasteiger partial charge in [-0.1, -0.05) is 30.7 Å². The van der Waals surface area contributed by atoms with Gasteiger partial charge in [-0.15, -0.1) is 0 Å². The predicted octanol–water partition coefficient (Wildman–Crippen LogP) is 5.63. The Morgan fingerprint density at radius 1 is 1.16 bits per heavy atom. The molecular formula is C29H26ClF2N3O2. The first kappa shape index (κ1) is 23.1. The Morgan fingerprint density at radius 3 is 2.78 bits per heavy atom. The van der Waals surface area contributed by atoms with Crippen molar-refractivity contribution in [1.82, 2.24) is 5.32 Å². The summed E-state index contributed by atoms with van der Waals surface area (Å²) >= 11 is 6.63. The number of rotatable bonds is 1. The summed E-state index contributed by atoms with van der Waals surface area (Å²) in [6.45, 7) is 2.80. The number of carbonyl (C=O) groups is 1. The number of hydrogen-bond acceptors (Lipinski definition) is 4. The lowest BCUT2D eigenvalue weighted by atomic mass is 9.80. The Hall–Kier alpha value is -3.00. The van der Waals surface area contributed by atoms with Crippen LogP contribution in [0.2, 0.25) is 5.02 Å². The first-order valence-corrected chi connectivity index (χ1v) is 13.1. The van der Waals surface area contributed by atoms with Crippen LogP contribution < -0.4 is 21.1 Å². The molecule has 8 heteroatoms. The molecule has 190 valence electrons. The molecule has 0 saturated carbocycles. The van der Waals surface area contributed by atoms with Gasteiger partial charge in [0.25, 0.3) is 5.91 Å². The SMILES string of the molecule is C[C@H]1Cc2c(cc3c(c2F)-c2c(Cl)c(F)cc4c2C[C@]([C@@H]2CCCN2)(O4)c2cccc(c2)NC3=O)[C@@H]1N. The van der Waals surface area contributed by atoms with Gasteiger partial charge in [-0.25, -0.2) is 8.78 Å². The van der Waals surface area contributed by atoms with Crippen LogP contribution >= 0.6 is 11.6 Å². The molecule has 4 N–H and O–H groups in total. The van der Waals surface area contributed by atoms with Crippen molar-refractivity contribution >= 4 is 23.2 Å². The number of halogens is 3. The van der Waals surface area contributed by atoms with E-state index < -0.39 is 29.2 Å². The van der Waals surface area contributed by atoms with Crippen LogP contribution in [0.4, 0.5) is 14.5 Å². The summed E-state index contributed by atoms with van der Waals surface area (Å²) in [4.78, 5) is 13.7. The Bertz CT molecular complexity index is 1500. The second-order valence-corrected chi connectivity index (χ2v) is 11.1. The molecule has 1 aliphatic carbocycles. The van der Waals surface area contributed by atoms with Gasteiger partial charge in [-0.3, -0.25) is 4.79 Å². The van der Waals surface area contributed by atoms with Crippen LogP contribution in [0.3, 0.4) is 0 Å². The van der Waals surface area contributed by atoms with E-state index in [0.717, 1.165) is 24.9 Å². The van der Waals surface area contributed by atoms with Crippen molar-refractivity contribution in [3.63, 3.8) is 0 Å². The van der Waals surface area contributed by atoms with Crippen LogP contribution in [-0.4, -0.2) is 18.5 Å². The highest BCUT2D eigenvalue weighted by molar-refractivity contribution is 6.34. The summed E-state index contributed by atoms with van der Waals surface area (Å²) in [5.74, 6) is -1.45. The van der Waals surface area contributed by atoms with Gasteiger partial charge in [0, 0.05) is 40.9 Å². The second-order valence-electron chi connectivity index (χ2n) is 10.8. The average molecular weight is 522 g/mol. The van der Waals surface area contributed by atoms with Gasteiger partial charge in [0.1, 0.15) is 17.4 Å². The van der Waals surface area contributed by atoms with Crippen molar-refractivity contribution in [2.24, 2.45) is 11.7 Å². The molecule has 7 rings (SSSR count). The van der Waals surface area contributed by atoms with Crippen LogP contribution in [0.25, 0.3) is 11.1 Å². The minimum Gasteiger partial charge on any atom is -0.480 e. The lowest BCUT2D eigenvalue weighted by molar-refractivity contribution is 0.0539. The highest BCUT2D eigenvalue weighted by Crippen LogP contribution is 2.53. The van der Waals surface area contributed by atoms with Gasteiger partial charge >= 0.3 is 0 Å². The minimum atomic E-state index is -0.861. The maximum absolute atomic E-state index is 16.5. The molecule has 0 aromatic heterocycles. The summed E-state index contributed by atoms with van der Waals surface area (Å²) in [7, 11) is 0. The standard InChI is InChI=1S/C29H26ClF2N3O2/c1-13-8-16-17(27(13)33)10-18-24(26(16)32)23-19-12-29(22-6-3-7-34-22,37-21(19)11-20(31)25(23)30)14-4-2-5-15(9-14)35-28(18)36/h2,4-5,9-11,13,22,27,34H,3,6-8,12,33H2,1H3,(H,35,36)/t13-,22-,27+,29-/m0/s1. The molecule has 3 aliphatic heterocycles. The van der Waals surface area contributed by atoms with Crippen molar-refractivity contribution < 1.29 is 18.3 Å². The van der Waals surface area contributed by atoms with E-state index in [1.165, 1.54) is 6.07 Å². The summed E-state index contributed by atoms with van der Waals surface area (Å²) < 4.78 is 38.5. The zero-order valence-electron chi connectivity index (χ0n) is 20.3. The van der Waals surface area contributed by atoms with Crippen molar-refractivity contribution in [3.05, 3.63) is 80.9 Å². The quantitative estimate of drug-likeness (QED) is 0.388. The predicted molar refractivity (Wildman–Crippen MR) is 138 cm³/mol. The number of ether oxygens (including phenoxy) is 1. The zero-order chi connectivity index (χ0) is 25.6. The van der Waals surface area contributed by atoms with Gasteiger partial charge in [-0.2, -0.15) is 0 Å². The number of anilines is 1. The second kappa shape index (κ2) is 8.00. The molecule has 3 aromatic carbocycles. The van der Waals surface area contributed by atoms with E-state index in [0.29, 0.717) is 41.0 Å². The van der Waals surface area contributed by atoms with E-state index in [2.05, 4.69) is 10.6 Å².